The summed E-state index contributed by atoms with van der Waals surface area (Å²) in [4.78, 5) is 20.6. The fourth-order valence-corrected chi connectivity index (χ4v) is 1.79. The van der Waals surface area contributed by atoms with Gasteiger partial charge in [-0.25, -0.2) is 4.98 Å². The number of nitrogens with one attached hydrogen (secondary N) is 1. The second-order valence-corrected chi connectivity index (χ2v) is 4.26. The molecule has 2 rings (SSSR count). The first-order chi connectivity index (χ1) is 8.69. The Morgan fingerprint density at radius 1 is 1.28 bits per heavy atom. The van der Waals surface area contributed by atoms with Gasteiger partial charge < -0.3 is 4.90 Å². The Labute approximate surface area is 106 Å². The van der Waals surface area contributed by atoms with E-state index in [4.69, 9.17) is 0 Å². The Bertz CT molecular complexity index is 563. The van der Waals surface area contributed by atoms with Gasteiger partial charge in [-0.15, -0.1) is 0 Å². The second kappa shape index (κ2) is 5.49. The van der Waals surface area contributed by atoms with Gasteiger partial charge in [-0.05, 0) is 12.0 Å². The zero-order valence-corrected chi connectivity index (χ0v) is 10.7. The highest BCUT2D eigenvalue weighted by Crippen LogP contribution is 2.09. The van der Waals surface area contributed by atoms with Crippen LogP contribution in [0.15, 0.2) is 41.2 Å². The minimum atomic E-state index is -0.100. The fraction of sp³-hybridized carbons (Fsp3) is 0.286. The lowest BCUT2D eigenvalue weighted by Crippen LogP contribution is -2.23. The molecule has 1 N–H and O–H groups in total. The molecule has 1 aromatic heterocycles. The predicted octanol–water partition coefficient (Wildman–Crippen LogP) is 1.97. The molecule has 0 saturated heterocycles. The second-order valence-electron chi connectivity index (χ2n) is 4.26. The molecule has 0 aliphatic rings. The summed E-state index contributed by atoms with van der Waals surface area (Å²) in [7, 11) is 1.92. The lowest BCUT2D eigenvalue weighted by molar-refractivity contribution is 0.842. The molecule has 0 bridgehead atoms. The van der Waals surface area contributed by atoms with Gasteiger partial charge in [-0.2, -0.15) is 0 Å². The lowest BCUT2D eigenvalue weighted by atomic mass is 10.2. The molecule has 4 heteroatoms. The van der Waals surface area contributed by atoms with Crippen molar-refractivity contribution in [3.63, 3.8) is 0 Å². The van der Waals surface area contributed by atoms with Crippen LogP contribution < -0.4 is 10.5 Å². The normalized spacial score (nSPS) is 10.3. The Hall–Kier alpha value is -2.10. The Balaban J connectivity index is 2.21. The van der Waals surface area contributed by atoms with Crippen LogP contribution in [-0.4, -0.2) is 17.0 Å². The number of hydrogen-bond acceptors (Lipinski definition) is 3. The van der Waals surface area contributed by atoms with Crippen LogP contribution in [0.4, 0.5) is 5.95 Å². The molecule has 94 valence electrons. The number of anilines is 1. The molecular formula is C14H17N3O. The maximum Gasteiger partial charge on any atom is 0.252 e. The lowest BCUT2D eigenvalue weighted by Gasteiger charge is -2.18. The molecule has 2 aromatic rings. The topological polar surface area (TPSA) is 49.0 Å². The number of rotatable bonds is 4. The van der Waals surface area contributed by atoms with Gasteiger partial charge in [0.25, 0.3) is 5.56 Å². The molecule has 4 nitrogen and oxygen atoms in total. The molecule has 1 aromatic carbocycles. The number of nitrogens with zero attached hydrogens (tertiary/aromatic N) is 2. The SMILES string of the molecule is CCc1cc(=O)[nH]c(N(C)Cc2ccccc2)n1. The van der Waals surface area contributed by atoms with Gasteiger partial charge in [0.1, 0.15) is 0 Å². The summed E-state index contributed by atoms with van der Waals surface area (Å²) in [5.41, 5.74) is 1.90. The zero-order valence-electron chi connectivity index (χ0n) is 10.7. The minimum Gasteiger partial charge on any atom is -0.341 e. The van der Waals surface area contributed by atoms with E-state index in [-0.39, 0.29) is 5.56 Å². The quantitative estimate of drug-likeness (QED) is 0.893. The summed E-state index contributed by atoms with van der Waals surface area (Å²) in [5.74, 6) is 0.614. The van der Waals surface area contributed by atoms with Gasteiger partial charge in [0.05, 0.1) is 0 Å². The Morgan fingerprint density at radius 3 is 2.67 bits per heavy atom. The molecule has 0 aliphatic carbocycles. The average molecular weight is 243 g/mol. The van der Waals surface area contributed by atoms with Crippen LogP contribution in [0.3, 0.4) is 0 Å². The molecule has 1 heterocycles. The highest BCUT2D eigenvalue weighted by atomic mass is 16.1. The van der Waals surface area contributed by atoms with E-state index in [2.05, 4.69) is 22.1 Å². The number of hydrogen-bond donors (Lipinski definition) is 1. The van der Waals surface area contributed by atoms with Crippen LogP contribution in [0, 0.1) is 0 Å². The molecule has 0 saturated carbocycles. The molecule has 18 heavy (non-hydrogen) atoms. The van der Waals surface area contributed by atoms with Crippen molar-refractivity contribution in [2.24, 2.45) is 0 Å². The van der Waals surface area contributed by atoms with E-state index in [0.717, 1.165) is 18.7 Å². The Morgan fingerprint density at radius 2 is 2.00 bits per heavy atom. The van der Waals surface area contributed by atoms with Gasteiger partial charge in [-0.1, -0.05) is 37.3 Å². The number of aromatic amines is 1. The highest BCUT2D eigenvalue weighted by molar-refractivity contribution is 5.31. The standard InChI is InChI=1S/C14H17N3O/c1-3-12-9-13(18)16-14(15-12)17(2)10-11-7-5-4-6-8-11/h4-9H,3,10H2,1-2H3,(H,15,16,18). The van der Waals surface area contributed by atoms with Crippen molar-refractivity contribution in [2.45, 2.75) is 19.9 Å². The van der Waals surface area contributed by atoms with Crippen molar-refractivity contribution >= 4 is 5.95 Å². The number of aromatic nitrogens is 2. The van der Waals surface area contributed by atoms with Crippen LogP contribution in [0.1, 0.15) is 18.2 Å². The van der Waals surface area contributed by atoms with Crippen LogP contribution in [-0.2, 0) is 13.0 Å². The van der Waals surface area contributed by atoms with Gasteiger partial charge >= 0.3 is 0 Å². The van der Waals surface area contributed by atoms with Crippen molar-refractivity contribution in [1.82, 2.24) is 9.97 Å². The third kappa shape index (κ3) is 2.97. The fourth-order valence-electron chi connectivity index (χ4n) is 1.79. The van der Waals surface area contributed by atoms with E-state index in [1.807, 2.05) is 37.1 Å². The number of H-pyrrole nitrogens is 1. The first-order valence-corrected chi connectivity index (χ1v) is 6.04. The summed E-state index contributed by atoms with van der Waals surface area (Å²) in [5, 5.41) is 0. The van der Waals surface area contributed by atoms with Crippen molar-refractivity contribution in [3.05, 3.63) is 58.0 Å². The molecule has 0 atom stereocenters. The van der Waals surface area contributed by atoms with Gasteiger partial charge in [0.2, 0.25) is 5.95 Å². The van der Waals surface area contributed by atoms with Crippen molar-refractivity contribution < 1.29 is 0 Å². The van der Waals surface area contributed by atoms with Crippen molar-refractivity contribution in [1.29, 1.82) is 0 Å². The van der Waals surface area contributed by atoms with Crippen molar-refractivity contribution in [2.75, 3.05) is 11.9 Å². The molecule has 0 fully saturated rings. The summed E-state index contributed by atoms with van der Waals surface area (Å²) >= 11 is 0. The first kappa shape index (κ1) is 12.4. The van der Waals surface area contributed by atoms with Gasteiger partial charge in [0.15, 0.2) is 0 Å². The van der Waals surface area contributed by atoms with Crippen LogP contribution in [0.25, 0.3) is 0 Å². The summed E-state index contributed by atoms with van der Waals surface area (Å²) in [6, 6.07) is 11.6. The van der Waals surface area contributed by atoms with E-state index >= 15 is 0 Å². The minimum absolute atomic E-state index is 0.100. The third-order valence-corrected chi connectivity index (χ3v) is 2.77. The molecule has 0 unspecified atom stereocenters. The van der Waals surface area contributed by atoms with E-state index < -0.39 is 0 Å². The number of aryl methyl sites for hydroxylation is 1. The maximum absolute atomic E-state index is 11.5. The number of benzene rings is 1. The molecule has 0 amide bonds. The van der Waals surface area contributed by atoms with E-state index in [9.17, 15) is 4.79 Å². The summed E-state index contributed by atoms with van der Waals surface area (Å²) in [6.07, 6.45) is 0.760. The van der Waals surface area contributed by atoms with Crippen LogP contribution in [0.5, 0.6) is 0 Å². The van der Waals surface area contributed by atoms with Crippen LogP contribution in [0.2, 0.25) is 0 Å². The van der Waals surface area contributed by atoms with E-state index in [0.29, 0.717) is 5.95 Å². The Kier molecular flexibility index (Phi) is 3.77. The third-order valence-electron chi connectivity index (χ3n) is 2.77. The van der Waals surface area contributed by atoms with Gasteiger partial charge in [0, 0.05) is 25.4 Å². The highest BCUT2D eigenvalue weighted by Gasteiger charge is 2.06. The maximum atomic E-state index is 11.5. The average Bonchev–Trinajstić information content (AvgIpc) is 2.39. The predicted molar refractivity (Wildman–Crippen MR) is 72.8 cm³/mol. The molecule has 0 spiro atoms. The van der Waals surface area contributed by atoms with Gasteiger partial charge in [-0.3, -0.25) is 9.78 Å². The van der Waals surface area contributed by atoms with Crippen LogP contribution >= 0.6 is 0 Å². The summed E-state index contributed by atoms with van der Waals surface area (Å²) < 4.78 is 0. The first-order valence-electron chi connectivity index (χ1n) is 6.04. The molecular weight excluding hydrogens is 226 g/mol. The van der Waals surface area contributed by atoms with Crippen molar-refractivity contribution in [3.8, 4) is 0 Å². The van der Waals surface area contributed by atoms with E-state index in [1.54, 1.807) is 6.07 Å². The molecule has 0 radical (unpaired) electrons. The van der Waals surface area contributed by atoms with E-state index in [1.165, 1.54) is 5.56 Å². The monoisotopic (exact) mass is 243 g/mol. The zero-order chi connectivity index (χ0) is 13.0. The molecule has 0 aliphatic heterocycles. The smallest absolute Gasteiger partial charge is 0.252 e. The largest absolute Gasteiger partial charge is 0.341 e. The summed E-state index contributed by atoms with van der Waals surface area (Å²) in [6.45, 7) is 2.71.